The molecule has 0 radical (unpaired) electrons. The standard InChI is InChI=1S/C20H27ClFN3O5S/c1-3-4-18(24(2)20(27)28)19(26)23-17-8-5-12-10-25(11-14(12)17)31(29,30)13-6-7-16(22)15(21)9-13/h6-7,9,12,14,17-18H,3-5,8,10-11H2,1-2H3,(H,23,26)(H,27,28)/t12-,14+,17+,18+/m1/s1. The van der Waals surface area contributed by atoms with E-state index in [4.69, 9.17) is 11.6 Å². The predicted molar refractivity (Wildman–Crippen MR) is 113 cm³/mol. The van der Waals surface area contributed by atoms with Gasteiger partial charge in [-0.3, -0.25) is 9.69 Å². The van der Waals surface area contributed by atoms with E-state index in [-0.39, 0.29) is 40.2 Å². The number of benzene rings is 1. The second-order valence-corrected chi connectivity index (χ2v) is 10.6. The van der Waals surface area contributed by atoms with E-state index in [9.17, 15) is 27.5 Å². The molecule has 1 aliphatic heterocycles. The summed E-state index contributed by atoms with van der Waals surface area (Å²) in [4.78, 5) is 25.1. The number of nitrogens with one attached hydrogen (secondary N) is 1. The summed E-state index contributed by atoms with van der Waals surface area (Å²) < 4.78 is 40.8. The molecule has 2 amide bonds. The average Bonchev–Trinajstić information content (AvgIpc) is 3.30. The summed E-state index contributed by atoms with van der Waals surface area (Å²) in [5.74, 6) is -1.01. The monoisotopic (exact) mass is 475 g/mol. The van der Waals surface area contributed by atoms with Crippen molar-refractivity contribution in [1.82, 2.24) is 14.5 Å². The van der Waals surface area contributed by atoms with Gasteiger partial charge in [0, 0.05) is 26.2 Å². The molecule has 3 rings (SSSR count). The largest absolute Gasteiger partial charge is 0.465 e. The molecule has 1 heterocycles. The number of rotatable bonds is 7. The van der Waals surface area contributed by atoms with E-state index in [1.807, 2.05) is 6.92 Å². The fraction of sp³-hybridized carbons (Fsp3) is 0.600. The molecule has 11 heteroatoms. The van der Waals surface area contributed by atoms with Crippen molar-refractivity contribution in [3.05, 3.63) is 29.0 Å². The Morgan fingerprint density at radius 3 is 2.68 bits per heavy atom. The van der Waals surface area contributed by atoms with Crippen LogP contribution < -0.4 is 5.32 Å². The van der Waals surface area contributed by atoms with Gasteiger partial charge in [-0.15, -0.1) is 0 Å². The molecule has 0 aromatic heterocycles. The van der Waals surface area contributed by atoms with Crippen molar-refractivity contribution < 1.29 is 27.5 Å². The molecule has 2 N–H and O–H groups in total. The molecule has 31 heavy (non-hydrogen) atoms. The van der Waals surface area contributed by atoms with Crippen LogP contribution in [0.5, 0.6) is 0 Å². The molecule has 0 spiro atoms. The normalized spacial score (nSPS) is 24.6. The van der Waals surface area contributed by atoms with E-state index in [0.717, 1.165) is 23.5 Å². The van der Waals surface area contributed by atoms with Crippen LogP contribution in [0.25, 0.3) is 0 Å². The molecule has 172 valence electrons. The Hall–Kier alpha value is -1.91. The highest BCUT2D eigenvalue weighted by molar-refractivity contribution is 7.89. The zero-order valence-corrected chi connectivity index (χ0v) is 19.0. The van der Waals surface area contributed by atoms with Gasteiger partial charge in [0.1, 0.15) is 11.9 Å². The van der Waals surface area contributed by atoms with Gasteiger partial charge in [-0.05, 0) is 49.3 Å². The van der Waals surface area contributed by atoms with Gasteiger partial charge in [0.15, 0.2) is 0 Å². The molecule has 2 fully saturated rings. The lowest BCUT2D eigenvalue weighted by molar-refractivity contribution is -0.126. The van der Waals surface area contributed by atoms with Crippen LogP contribution in [0.2, 0.25) is 5.02 Å². The number of halogens is 2. The summed E-state index contributed by atoms with van der Waals surface area (Å²) in [5, 5.41) is 12.0. The number of likely N-dealkylation sites (N-methyl/N-ethyl adjacent to an activating group) is 1. The minimum absolute atomic E-state index is 0.0629. The third-order valence-electron chi connectivity index (χ3n) is 6.31. The van der Waals surface area contributed by atoms with Crippen LogP contribution in [0.3, 0.4) is 0 Å². The highest BCUT2D eigenvalue weighted by Crippen LogP contribution is 2.40. The number of carbonyl (C=O) groups is 2. The summed E-state index contributed by atoms with van der Waals surface area (Å²) in [6.45, 7) is 2.44. The van der Waals surface area contributed by atoms with Gasteiger partial charge >= 0.3 is 6.09 Å². The first kappa shape index (κ1) is 23.7. The number of hydrogen-bond donors (Lipinski definition) is 2. The topological polar surface area (TPSA) is 107 Å². The molecule has 0 bridgehead atoms. The second-order valence-electron chi connectivity index (χ2n) is 8.21. The van der Waals surface area contributed by atoms with E-state index in [0.29, 0.717) is 25.8 Å². The molecule has 1 aromatic carbocycles. The number of carboxylic acid groups (broad SMARTS) is 1. The van der Waals surface area contributed by atoms with Crippen molar-refractivity contribution in [1.29, 1.82) is 0 Å². The minimum atomic E-state index is -3.84. The second kappa shape index (κ2) is 9.30. The molecule has 2 aliphatic rings. The van der Waals surface area contributed by atoms with E-state index < -0.39 is 28.0 Å². The Kier molecular flexibility index (Phi) is 7.12. The van der Waals surface area contributed by atoms with E-state index >= 15 is 0 Å². The molecule has 1 aliphatic carbocycles. The molecule has 0 unspecified atom stereocenters. The van der Waals surface area contributed by atoms with Crippen molar-refractivity contribution in [2.75, 3.05) is 20.1 Å². The Labute approximate surface area is 186 Å². The van der Waals surface area contributed by atoms with Gasteiger partial charge in [-0.1, -0.05) is 24.9 Å². The quantitative estimate of drug-likeness (QED) is 0.630. The van der Waals surface area contributed by atoms with Gasteiger partial charge in [-0.25, -0.2) is 17.6 Å². The molecule has 1 aromatic rings. The third kappa shape index (κ3) is 4.80. The smallest absolute Gasteiger partial charge is 0.407 e. The lowest BCUT2D eigenvalue weighted by Crippen LogP contribution is -2.51. The van der Waals surface area contributed by atoms with Crippen molar-refractivity contribution >= 4 is 33.6 Å². The van der Waals surface area contributed by atoms with Crippen LogP contribution in [-0.4, -0.2) is 67.0 Å². The summed E-state index contributed by atoms with van der Waals surface area (Å²) in [7, 11) is -2.47. The van der Waals surface area contributed by atoms with Gasteiger partial charge in [0.05, 0.1) is 9.92 Å². The Bertz CT molecular complexity index is 960. The predicted octanol–water partition coefficient (Wildman–Crippen LogP) is 2.77. The van der Waals surface area contributed by atoms with E-state index in [1.165, 1.54) is 17.4 Å². The zero-order chi connectivity index (χ0) is 22.9. The van der Waals surface area contributed by atoms with Gasteiger partial charge in [0.25, 0.3) is 0 Å². The van der Waals surface area contributed by atoms with E-state index in [2.05, 4.69) is 5.32 Å². The molecule has 1 saturated carbocycles. The lowest BCUT2D eigenvalue weighted by Gasteiger charge is -2.28. The van der Waals surface area contributed by atoms with Crippen molar-refractivity contribution in [3.63, 3.8) is 0 Å². The molecular weight excluding hydrogens is 449 g/mol. The number of carbonyl (C=O) groups excluding carboxylic acids is 1. The molecule has 1 saturated heterocycles. The van der Waals surface area contributed by atoms with Crippen LogP contribution >= 0.6 is 11.6 Å². The molecule has 4 atom stereocenters. The van der Waals surface area contributed by atoms with Crippen LogP contribution in [0.4, 0.5) is 9.18 Å². The Balaban J connectivity index is 1.71. The number of hydrogen-bond acceptors (Lipinski definition) is 4. The highest BCUT2D eigenvalue weighted by Gasteiger charge is 2.47. The maximum atomic E-state index is 13.4. The fourth-order valence-corrected chi connectivity index (χ4v) is 6.38. The third-order valence-corrected chi connectivity index (χ3v) is 8.43. The Morgan fingerprint density at radius 1 is 1.35 bits per heavy atom. The van der Waals surface area contributed by atoms with Gasteiger partial charge in [0.2, 0.25) is 15.9 Å². The van der Waals surface area contributed by atoms with Crippen molar-refractivity contribution in [3.8, 4) is 0 Å². The lowest BCUT2D eigenvalue weighted by atomic mass is 9.97. The molecular formula is C20H27ClFN3O5S. The van der Waals surface area contributed by atoms with Crippen LogP contribution in [0.15, 0.2) is 23.1 Å². The maximum Gasteiger partial charge on any atom is 0.407 e. The number of fused-ring (bicyclic) bond motifs is 1. The minimum Gasteiger partial charge on any atom is -0.465 e. The highest BCUT2D eigenvalue weighted by atomic mass is 35.5. The zero-order valence-electron chi connectivity index (χ0n) is 17.4. The van der Waals surface area contributed by atoms with Crippen LogP contribution in [-0.2, 0) is 14.8 Å². The summed E-state index contributed by atoms with van der Waals surface area (Å²) >= 11 is 5.75. The number of amides is 2. The first-order valence-electron chi connectivity index (χ1n) is 10.3. The first-order valence-corrected chi connectivity index (χ1v) is 12.1. The van der Waals surface area contributed by atoms with Crippen molar-refractivity contribution in [2.45, 2.75) is 49.6 Å². The number of sulfonamides is 1. The van der Waals surface area contributed by atoms with Gasteiger partial charge in [-0.2, -0.15) is 4.31 Å². The van der Waals surface area contributed by atoms with E-state index in [1.54, 1.807) is 0 Å². The Morgan fingerprint density at radius 2 is 2.06 bits per heavy atom. The maximum absolute atomic E-state index is 13.4. The summed E-state index contributed by atoms with van der Waals surface area (Å²) in [6, 6.07) is 2.32. The SMILES string of the molecule is CCC[C@@H](C(=O)N[C@H]1CC[C@@H]2CN(S(=O)(=O)c3ccc(F)c(Cl)c3)C[C@@H]21)N(C)C(=O)O. The van der Waals surface area contributed by atoms with Crippen molar-refractivity contribution in [2.24, 2.45) is 11.8 Å². The van der Waals surface area contributed by atoms with Gasteiger partial charge < -0.3 is 10.4 Å². The van der Waals surface area contributed by atoms with Crippen LogP contribution in [0, 0.1) is 17.7 Å². The summed E-state index contributed by atoms with van der Waals surface area (Å²) in [6.07, 6.45) is 1.36. The van der Waals surface area contributed by atoms with Crippen LogP contribution in [0.1, 0.15) is 32.6 Å². The summed E-state index contributed by atoms with van der Waals surface area (Å²) in [5.41, 5.74) is 0. The fourth-order valence-electron chi connectivity index (χ4n) is 4.57. The number of nitrogens with zero attached hydrogens (tertiary/aromatic N) is 2. The average molecular weight is 476 g/mol. The molecule has 8 nitrogen and oxygen atoms in total. The first-order chi connectivity index (χ1) is 14.6.